The van der Waals surface area contributed by atoms with Crippen LogP contribution in [0.4, 0.5) is 4.39 Å². The van der Waals surface area contributed by atoms with Crippen LogP contribution in [0, 0.1) is 26.6 Å². The van der Waals surface area contributed by atoms with Crippen molar-refractivity contribution in [3.05, 3.63) is 74.8 Å². The highest BCUT2D eigenvalue weighted by atomic mass is 32.2. The highest BCUT2D eigenvalue weighted by molar-refractivity contribution is 7.89. The first kappa shape index (κ1) is 19.3. The smallest absolute Gasteiger partial charge is 0.251 e. The van der Waals surface area contributed by atoms with E-state index in [0.29, 0.717) is 11.1 Å². The molecule has 0 radical (unpaired) electrons. The zero-order valence-electron chi connectivity index (χ0n) is 15.4. The zero-order valence-corrected chi connectivity index (χ0v) is 16.2. The molecule has 0 saturated heterocycles. The Balaban J connectivity index is 1.80. The number of pyridine rings is 1. The molecule has 0 fully saturated rings. The van der Waals surface area contributed by atoms with Crippen LogP contribution in [0.25, 0.3) is 10.9 Å². The molecule has 0 unspecified atom stereocenters. The molecule has 0 aliphatic rings. The van der Waals surface area contributed by atoms with Crippen LogP contribution in [0.5, 0.6) is 0 Å². The van der Waals surface area contributed by atoms with Crippen molar-refractivity contribution in [1.29, 1.82) is 0 Å². The molecule has 0 spiro atoms. The van der Waals surface area contributed by atoms with Crippen molar-refractivity contribution >= 4 is 20.9 Å². The fourth-order valence-electron chi connectivity index (χ4n) is 3.23. The SMILES string of the molecule is Cc1cc(C)c2[nH]c(=O)c(CCNS(=O)(=O)c3ccc(F)cc3C)cc2c1. The molecule has 7 heteroatoms. The molecule has 27 heavy (non-hydrogen) atoms. The molecule has 5 nitrogen and oxygen atoms in total. The first-order valence-electron chi connectivity index (χ1n) is 8.56. The van der Waals surface area contributed by atoms with Crippen LogP contribution < -0.4 is 10.3 Å². The lowest BCUT2D eigenvalue weighted by atomic mass is 10.0. The summed E-state index contributed by atoms with van der Waals surface area (Å²) in [7, 11) is -3.78. The van der Waals surface area contributed by atoms with Gasteiger partial charge in [-0.05, 0) is 74.0 Å². The van der Waals surface area contributed by atoms with Gasteiger partial charge >= 0.3 is 0 Å². The number of aryl methyl sites for hydroxylation is 3. The summed E-state index contributed by atoms with van der Waals surface area (Å²) in [6.45, 7) is 5.52. The van der Waals surface area contributed by atoms with Crippen molar-refractivity contribution in [2.24, 2.45) is 0 Å². The molecule has 0 atom stereocenters. The largest absolute Gasteiger partial charge is 0.321 e. The minimum Gasteiger partial charge on any atom is -0.321 e. The summed E-state index contributed by atoms with van der Waals surface area (Å²) in [5.41, 5.74) is 3.47. The van der Waals surface area contributed by atoms with Crippen LogP contribution in [0.15, 0.2) is 46.1 Å². The van der Waals surface area contributed by atoms with E-state index >= 15 is 0 Å². The van der Waals surface area contributed by atoms with Crippen LogP contribution in [0.2, 0.25) is 0 Å². The number of sulfonamides is 1. The Morgan fingerprint density at radius 2 is 1.78 bits per heavy atom. The Kier molecular flexibility index (Phi) is 5.17. The van der Waals surface area contributed by atoms with Gasteiger partial charge in [0.1, 0.15) is 5.82 Å². The third-order valence-corrected chi connectivity index (χ3v) is 6.10. The van der Waals surface area contributed by atoms with E-state index in [4.69, 9.17) is 0 Å². The molecule has 1 heterocycles. The number of aromatic nitrogens is 1. The van der Waals surface area contributed by atoms with Gasteiger partial charge in [-0.3, -0.25) is 4.79 Å². The molecule has 0 saturated carbocycles. The Labute approximate surface area is 157 Å². The maximum absolute atomic E-state index is 13.2. The van der Waals surface area contributed by atoms with E-state index in [-0.39, 0.29) is 23.4 Å². The summed E-state index contributed by atoms with van der Waals surface area (Å²) in [6, 6.07) is 9.30. The summed E-state index contributed by atoms with van der Waals surface area (Å²) in [6.07, 6.45) is 0.248. The third-order valence-electron chi connectivity index (χ3n) is 4.48. The zero-order chi connectivity index (χ0) is 19.8. The predicted octanol–water partition coefficient (Wildman–Crippen LogP) is 3.11. The van der Waals surface area contributed by atoms with Gasteiger partial charge in [0, 0.05) is 12.1 Å². The second kappa shape index (κ2) is 7.25. The number of nitrogens with one attached hydrogen (secondary N) is 2. The van der Waals surface area contributed by atoms with Crippen molar-refractivity contribution in [2.45, 2.75) is 32.1 Å². The number of H-pyrrole nitrogens is 1. The van der Waals surface area contributed by atoms with Crippen molar-refractivity contribution in [3.63, 3.8) is 0 Å². The monoisotopic (exact) mass is 388 g/mol. The Bertz CT molecular complexity index is 1180. The van der Waals surface area contributed by atoms with E-state index in [2.05, 4.69) is 9.71 Å². The summed E-state index contributed by atoms with van der Waals surface area (Å²) in [5, 5.41) is 0.916. The topological polar surface area (TPSA) is 79.0 Å². The van der Waals surface area contributed by atoms with Gasteiger partial charge in [-0.1, -0.05) is 11.6 Å². The van der Waals surface area contributed by atoms with Crippen LogP contribution in [-0.4, -0.2) is 19.9 Å². The minimum absolute atomic E-state index is 0.0302. The van der Waals surface area contributed by atoms with Crippen LogP contribution in [0.1, 0.15) is 22.3 Å². The maximum atomic E-state index is 13.2. The van der Waals surface area contributed by atoms with Crippen LogP contribution in [0.3, 0.4) is 0 Å². The molecule has 0 amide bonds. The third kappa shape index (κ3) is 4.09. The maximum Gasteiger partial charge on any atom is 0.251 e. The van der Waals surface area contributed by atoms with Crippen molar-refractivity contribution in [1.82, 2.24) is 9.71 Å². The van der Waals surface area contributed by atoms with Gasteiger partial charge < -0.3 is 4.98 Å². The number of aromatic amines is 1. The minimum atomic E-state index is -3.78. The van der Waals surface area contributed by atoms with Gasteiger partial charge in [0.2, 0.25) is 10.0 Å². The Morgan fingerprint density at radius 1 is 1.04 bits per heavy atom. The van der Waals surface area contributed by atoms with E-state index in [9.17, 15) is 17.6 Å². The fourth-order valence-corrected chi connectivity index (χ4v) is 4.49. The molecule has 2 aromatic carbocycles. The highest BCUT2D eigenvalue weighted by Gasteiger charge is 2.17. The number of hydrogen-bond donors (Lipinski definition) is 2. The fraction of sp³-hybridized carbons (Fsp3) is 0.250. The van der Waals surface area contributed by atoms with Gasteiger partial charge in [-0.25, -0.2) is 17.5 Å². The number of fused-ring (bicyclic) bond motifs is 1. The molecule has 2 N–H and O–H groups in total. The first-order valence-corrected chi connectivity index (χ1v) is 10.0. The normalized spacial score (nSPS) is 11.9. The molecule has 142 valence electrons. The lowest BCUT2D eigenvalue weighted by Gasteiger charge is -2.10. The number of halogens is 1. The molecule has 3 rings (SSSR count). The van der Waals surface area contributed by atoms with Gasteiger partial charge in [-0.15, -0.1) is 0 Å². The second-order valence-electron chi connectivity index (χ2n) is 6.73. The molecular formula is C20H21FN2O3S. The summed E-state index contributed by atoms with van der Waals surface area (Å²) in [4.78, 5) is 15.2. The highest BCUT2D eigenvalue weighted by Crippen LogP contribution is 2.19. The van der Waals surface area contributed by atoms with Crippen molar-refractivity contribution in [2.75, 3.05) is 6.54 Å². The summed E-state index contributed by atoms with van der Waals surface area (Å²) in [5.74, 6) is -0.486. The van der Waals surface area contributed by atoms with Gasteiger partial charge in [0.25, 0.3) is 5.56 Å². The van der Waals surface area contributed by atoms with E-state index in [1.165, 1.54) is 19.1 Å². The lowest BCUT2D eigenvalue weighted by Crippen LogP contribution is -2.28. The standard InChI is InChI=1S/C20H21FN2O3S/c1-12-8-14(3)19-16(9-12)11-15(20(24)23-19)6-7-22-27(25,26)18-5-4-17(21)10-13(18)2/h4-5,8-11,22H,6-7H2,1-3H3,(H,23,24). The van der Waals surface area contributed by atoms with E-state index in [0.717, 1.165) is 28.1 Å². The molecule has 0 bridgehead atoms. The molecule has 0 aliphatic heterocycles. The van der Waals surface area contributed by atoms with E-state index in [1.807, 2.05) is 26.0 Å². The lowest BCUT2D eigenvalue weighted by molar-refractivity contribution is 0.579. The van der Waals surface area contributed by atoms with Crippen LogP contribution in [-0.2, 0) is 16.4 Å². The molecular weight excluding hydrogens is 367 g/mol. The average molecular weight is 388 g/mol. The first-order chi connectivity index (χ1) is 12.7. The quantitative estimate of drug-likeness (QED) is 0.705. The Hall–Kier alpha value is -2.51. The molecule has 1 aromatic heterocycles. The Morgan fingerprint density at radius 3 is 2.48 bits per heavy atom. The van der Waals surface area contributed by atoms with Crippen molar-refractivity contribution < 1.29 is 12.8 Å². The summed E-state index contributed by atoms with van der Waals surface area (Å²) >= 11 is 0. The summed E-state index contributed by atoms with van der Waals surface area (Å²) < 4.78 is 40.5. The second-order valence-corrected chi connectivity index (χ2v) is 8.46. The number of rotatable bonds is 5. The number of hydrogen-bond acceptors (Lipinski definition) is 3. The van der Waals surface area contributed by atoms with Gasteiger partial charge in [0.05, 0.1) is 10.4 Å². The van der Waals surface area contributed by atoms with Gasteiger partial charge in [0.15, 0.2) is 0 Å². The van der Waals surface area contributed by atoms with E-state index < -0.39 is 15.8 Å². The molecule has 3 aromatic rings. The van der Waals surface area contributed by atoms with Crippen LogP contribution >= 0.6 is 0 Å². The van der Waals surface area contributed by atoms with Crippen molar-refractivity contribution in [3.8, 4) is 0 Å². The van der Waals surface area contributed by atoms with Gasteiger partial charge in [-0.2, -0.15) is 0 Å². The predicted molar refractivity (Wildman–Crippen MR) is 104 cm³/mol. The molecule has 0 aliphatic carbocycles. The van der Waals surface area contributed by atoms with E-state index in [1.54, 1.807) is 6.07 Å². The average Bonchev–Trinajstić information content (AvgIpc) is 2.55. The number of benzene rings is 2.